The minimum Gasteiger partial charge on any atom is -0.493 e. The first-order valence-corrected chi connectivity index (χ1v) is 7.69. The van der Waals surface area contributed by atoms with Crippen LogP contribution in [-0.2, 0) is 19.4 Å². The van der Waals surface area contributed by atoms with Crippen molar-refractivity contribution in [1.82, 2.24) is 9.78 Å². The monoisotopic (exact) mass is 306 g/mol. The molecule has 1 aliphatic rings. The van der Waals surface area contributed by atoms with Crippen LogP contribution in [0.15, 0.2) is 24.5 Å². The van der Waals surface area contributed by atoms with E-state index < -0.39 is 6.10 Å². The van der Waals surface area contributed by atoms with Crippen LogP contribution >= 0.6 is 11.6 Å². The maximum Gasteiger partial charge on any atom is 0.126 e. The second kappa shape index (κ2) is 6.08. The minimum absolute atomic E-state index is 0.487. The molecule has 4 nitrogen and oxygen atoms in total. The smallest absolute Gasteiger partial charge is 0.126 e. The van der Waals surface area contributed by atoms with Gasteiger partial charge in [0.2, 0.25) is 0 Å². The quantitative estimate of drug-likeness (QED) is 0.923. The van der Waals surface area contributed by atoms with Gasteiger partial charge in [-0.1, -0.05) is 18.5 Å². The molecular formula is C16H19ClN2O2. The zero-order valence-electron chi connectivity index (χ0n) is 12.1. The third-order valence-corrected chi connectivity index (χ3v) is 3.95. The summed E-state index contributed by atoms with van der Waals surface area (Å²) in [6.45, 7) is 3.65. The molecule has 112 valence electrons. The molecule has 3 rings (SSSR count). The summed E-state index contributed by atoms with van der Waals surface area (Å²) in [6, 6.07) is 3.82. The summed E-state index contributed by atoms with van der Waals surface area (Å²) in [6.07, 6.45) is 5.43. The average molecular weight is 307 g/mol. The topological polar surface area (TPSA) is 47.3 Å². The lowest BCUT2D eigenvalue weighted by atomic mass is 10.0. The van der Waals surface area contributed by atoms with Crippen molar-refractivity contribution >= 4 is 11.6 Å². The first-order valence-electron chi connectivity index (χ1n) is 7.32. The molecule has 1 unspecified atom stereocenters. The maximum atomic E-state index is 10.4. The number of hydrogen-bond donors (Lipinski definition) is 1. The van der Waals surface area contributed by atoms with Crippen molar-refractivity contribution in [2.24, 2.45) is 0 Å². The Morgan fingerprint density at radius 1 is 1.48 bits per heavy atom. The number of ether oxygens (including phenoxy) is 1. The predicted molar refractivity (Wildman–Crippen MR) is 81.8 cm³/mol. The van der Waals surface area contributed by atoms with Crippen LogP contribution in [0.25, 0.3) is 0 Å². The number of halogens is 1. The fourth-order valence-electron chi connectivity index (χ4n) is 2.73. The van der Waals surface area contributed by atoms with Gasteiger partial charge in [0.1, 0.15) is 5.75 Å². The molecule has 0 saturated heterocycles. The standard InChI is InChI=1S/C16H19ClN2O2/c1-2-4-19-10-13(9-18-19)15(20)8-12-7-14(17)6-11-3-5-21-16(11)12/h6-7,9-10,15,20H,2-5,8H2,1H3. The summed E-state index contributed by atoms with van der Waals surface area (Å²) in [5, 5.41) is 15.4. The highest BCUT2D eigenvalue weighted by Gasteiger charge is 2.20. The van der Waals surface area contributed by atoms with E-state index in [0.717, 1.165) is 41.8 Å². The Kier molecular flexibility index (Phi) is 4.17. The molecule has 1 aliphatic heterocycles. The lowest BCUT2D eigenvalue weighted by molar-refractivity contribution is 0.177. The number of hydrogen-bond acceptors (Lipinski definition) is 3. The molecule has 5 heteroatoms. The van der Waals surface area contributed by atoms with Gasteiger partial charge in [0.05, 0.1) is 18.9 Å². The highest BCUT2D eigenvalue weighted by molar-refractivity contribution is 6.30. The molecule has 1 N–H and O–H groups in total. The molecule has 0 saturated carbocycles. The Bertz CT molecular complexity index is 639. The van der Waals surface area contributed by atoms with Crippen LogP contribution < -0.4 is 4.74 Å². The largest absolute Gasteiger partial charge is 0.493 e. The van der Waals surface area contributed by atoms with Crippen molar-refractivity contribution < 1.29 is 9.84 Å². The van der Waals surface area contributed by atoms with Crippen LogP contribution in [-0.4, -0.2) is 21.5 Å². The van der Waals surface area contributed by atoms with E-state index >= 15 is 0 Å². The Morgan fingerprint density at radius 2 is 2.33 bits per heavy atom. The molecule has 2 heterocycles. The van der Waals surface area contributed by atoms with Crippen LogP contribution in [0.4, 0.5) is 0 Å². The van der Waals surface area contributed by atoms with Gasteiger partial charge in [0.15, 0.2) is 0 Å². The Hall–Kier alpha value is -1.52. The number of fused-ring (bicyclic) bond motifs is 1. The van der Waals surface area contributed by atoms with Gasteiger partial charge in [-0.25, -0.2) is 0 Å². The zero-order chi connectivity index (χ0) is 14.8. The number of rotatable bonds is 5. The number of aryl methyl sites for hydroxylation is 1. The summed E-state index contributed by atoms with van der Waals surface area (Å²) >= 11 is 6.15. The molecule has 0 bridgehead atoms. The summed E-state index contributed by atoms with van der Waals surface area (Å²) < 4.78 is 7.53. The third kappa shape index (κ3) is 3.06. The lowest BCUT2D eigenvalue weighted by Gasteiger charge is -2.12. The Labute approximate surface area is 129 Å². The summed E-state index contributed by atoms with van der Waals surface area (Å²) in [5.41, 5.74) is 2.92. The number of aliphatic hydroxyl groups excluding tert-OH is 1. The van der Waals surface area contributed by atoms with Crippen molar-refractivity contribution in [3.8, 4) is 5.75 Å². The summed E-state index contributed by atoms with van der Waals surface area (Å²) in [5.74, 6) is 0.888. The van der Waals surface area contributed by atoms with Gasteiger partial charge in [0, 0.05) is 36.2 Å². The fourth-order valence-corrected chi connectivity index (χ4v) is 2.99. The molecule has 1 atom stereocenters. The van der Waals surface area contributed by atoms with E-state index in [2.05, 4.69) is 12.0 Å². The van der Waals surface area contributed by atoms with Crippen molar-refractivity contribution in [3.63, 3.8) is 0 Å². The number of benzene rings is 1. The fraction of sp³-hybridized carbons (Fsp3) is 0.438. The van der Waals surface area contributed by atoms with Gasteiger partial charge in [-0.05, 0) is 29.7 Å². The van der Waals surface area contributed by atoms with Crippen molar-refractivity contribution in [2.45, 2.75) is 38.8 Å². The molecule has 0 radical (unpaired) electrons. The molecule has 0 fully saturated rings. The molecule has 0 spiro atoms. The van der Waals surface area contributed by atoms with Crippen LogP contribution in [0.1, 0.15) is 36.1 Å². The average Bonchev–Trinajstić information content (AvgIpc) is 3.07. The van der Waals surface area contributed by atoms with E-state index in [-0.39, 0.29) is 0 Å². The molecule has 21 heavy (non-hydrogen) atoms. The normalized spacial score (nSPS) is 14.8. The van der Waals surface area contributed by atoms with Gasteiger partial charge >= 0.3 is 0 Å². The van der Waals surface area contributed by atoms with Gasteiger partial charge in [-0.2, -0.15) is 5.10 Å². The van der Waals surface area contributed by atoms with Crippen LogP contribution in [0.2, 0.25) is 5.02 Å². The molecular weight excluding hydrogens is 288 g/mol. The highest BCUT2D eigenvalue weighted by Crippen LogP contribution is 2.35. The Balaban J connectivity index is 1.79. The SMILES string of the molecule is CCCn1cc(C(O)Cc2cc(Cl)cc3c2OCC3)cn1. The molecule has 0 aliphatic carbocycles. The van der Waals surface area contributed by atoms with E-state index in [9.17, 15) is 5.11 Å². The molecule has 1 aromatic heterocycles. The van der Waals surface area contributed by atoms with E-state index in [1.54, 1.807) is 6.20 Å². The van der Waals surface area contributed by atoms with E-state index in [1.165, 1.54) is 0 Å². The van der Waals surface area contributed by atoms with E-state index in [1.807, 2.05) is 23.0 Å². The predicted octanol–water partition coefficient (Wildman–Crippen LogP) is 3.16. The van der Waals surface area contributed by atoms with Gasteiger partial charge < -0.3 is 9.84 Å². The second-order valence-corrected chi connectivity index (χ2v) is 5.84. The summed E-state index contributed by atoms with van der Waals surface area (Å²) in [7, 11) is 0. The maximum absolute atomic E-state index is 10.4. The minimum atomic E-state index is -0.595. The molecule has 1 aromatic carbocycles. The highest BCUT2D eigenvalue weighted by atomic mass is 35.5. The first kappa shape index (κ1) is 14.4. The lowest BCUT2D eigenvalue weighted by Crippen LogP contribution is -2.03. The van der Waals surface area contributed by atoms with Crippen LogP contribution in [0.3, 0.4) is 0 Å². The third-order valence-electron chi connectivity index (χ3n) is 3.73. The van der Waals surface area contributed by atoms with E-state index in [0.29, 0.717) is 18.1 Å². The second-order valence-electron chi connectivity index (χ2n) is 5.41. The summed E-state index contributed by atoms with van der Waals surface area (Å²) in [4.78, 5) is 0. The molecule has 0 amide bonds. The van der Waals surface area contributed by atoms with Gasteiger partial charge in [-0.3, -0.25) is 4.68 Å². The van der Waals surface area contributed by atoms with Crippen molar-refractivity contribution in [2.75, 3.05) is 6.61 Å². The van der Waals surface area contributed by atoms with Gasteiger partial charge in [-0.15, -0.1) is 0 Å². The van der Waals surface area contributed by atoms with Crippen molar-refractivity contribution in [3.05, 3.63) is 46.2 Å². The first-order chi connectivity index (χ1) is 10.2. The number of aliphatic hydroxyl groups is 1. The van der Waals surface area contributed by atoms with Crippen molar-refractivity contribution in [1.29, 1.82) is 0 Å². The Morgan fingerprint density at radius 3 is 3.14 bits per heavy atom. The molecule has 2 aromatic rings. The van der Waals surface area contributed by atoms with Gasteiger partial charge in [0.25, 0.3) is 0 Å². The van der Waals surface area contributed by atoms with E-state index in [4.69, 9.17) is 16.3 Å². The van der Waals surface area contributed by atoms with Crippen LogP contribution in [0, 0.1) is 0 Å². The number of nitrogens with zero attached hydrogens (tertiary/aromatic N) is 2. The number of aromatic nitrogens is 2. The van der Waals surface area contributed by atoms with Crippen LogP contribution in [0.5, 0.6) is 5.75 Å². The zero-order valence-corrected chi connectivity index (χ0v) is 12.8.